The van der Waals surface area contributed by atoms with Crippen LogP contribution in [0.5, 0.6) is 5.75 Å². The Kier molecular flexibility index (Phi) is 3.65. The summed E-state index contributed by atoms with van der Waals surface area (Å²) >= 11 is 0. The van der Waals surface area contributed by atoms with Crippen LogP contribution in [0.25, 0.3) is 0 Å². The number of phenols is 1. The quantitative estimate of drug-likeness (QED) is 0.547. The van der Waals surface area contributed by atoms with Gasteiger partial charge < -0.3 is 21.1 Å². The van der Waals surface area contributed by atoms with Gasteiger partial charge in [-0.1, -0.05) is 18.2 Å². The average Bonchev–Trinajstić information content (AvgIpc) is 2.16. The highest BCUT2D eigenvalue weighted by Gasteiger charge is 2.22. The van der Waals surface area contributed by atoms with Crippen molar-refractivity contribution in [2.24, 2.45) is 5.73 Å². The van der Waals surface area contributed by atoms with Gasteiger partial charge in [0.1, 0.15) is 11.9 Å². The number of nitrogens with two attached hydrogens (primary N) is 1. The second kappa shape index (κ2) is 4.77. The van der Waals surface area contributed by atoms with Crippen LogP contribution >= 0.6 is 0 Å². The molecular weight excluding hydrogens is 198 g/mol. The molecule has 0 saturated carbocycles. The van der Waals surface area contributed by atoms with Crippen LogP contribution in [0, 0.1) is 0 Å². The number of aliphatic hydroxyl groups excluding tert-OH is 2. The number of aliphatic hydroxyl groups is 2. The standard InChI is InChI=1S/C10H13NO4/c11-9(14)5-8(13)10(15)6-3-1-2-4-7(6)12/h1-4,8,10,12-13,15H,5H2,(H2,11,14). The monoisotopic (exact) mass is 211 g/mol. The van der Waals surface area contributed by atoms with Gasteiger partial charge in [0.05, 0.1) is 12.5 Å². The molecule has 15 heavy (non-hydrogen) atoms. The van der Waals surface area contributed by atoms with Crippen molar-refractivity contribution in [3.8, 4) is 5.75 Å². The largest absolute Gasteiger partial charge is 0.508 e. The summed E-state index contributed by atoms with van der Waals surface area (Å²) < 4.78 is 0. The number of primary amides is 1. The van der Waals surface area contributed by atoms with Crippen molar-refractivity contribution in [2.75, 3.05) is 0 Å². The first kappa shape index (κ1) is 11.5. The fourth-order valence-electron chi connectivity index (χ4n) is 1.26. The van der Waals surface area contributed by atoms with Crippen LogP contribution in [0.2, 0.25) is 0 Å². The van der Waals surface area contributed by atoms with Crippen LogP contribution in [0.15, 0.2) is 24.3 Å². The zero-order chi connectivity index (χ0) is 11.4. The maximum atomic E-state index is 10.5. The van der Waals surface area contributed by atoms with Crippen molar-refractivity contribution in [1.29, 1.82) is 0 Å². The molecule has 0 fully saturated rings. The molecule has 1 aromatic carbocycles. The minimum atomic E-state index is -1.32. The first-order chi connectivity index (χ1) is 7.02. The Bertz CT molecular complexity index is 353. The van der Waals surface area contributed by atoms with Gasteiger partial charge in [-0.25, -0.2) is 0 Å². The Morgan fingerprint density at radius 2 is 1.93 bits per heavy atom. The summed E-state index contributed by atoms with van der Waals surface area (Å²) in [6.45, 7) is 0. The predicted molar refractivity (Wildman–Crippen MR) is 52.9 cm³/mol. The first-order valence-corrected chi connectivity index (χ1v) is 4.44. The first-order valence-electron chi connectivity index (χ1n) is 4.44. The van der Waals surface area contributed by atoms with E-state index < -0.39 is 18.1 Å². The van der Waals surface area contributed by atoms with Crippen LogP contribution in [-0.4, -0.2) is 27.3 Å². The van der Waals surface area contributed by atoms with E-state index in [1.54, 1.807) is 12.1 Å². The van der Waals surface area contributed by atoms with Gasteiger partial charge in [-0.2, -0.15) is 0 Å². The van der Waals surface area contributed by atoms with Gasteiger partial charge in [-0.05, 0) is 6.07 Å². The third kappa shape index (κ3) is 2.93. The molecule has 0 bridgehead atoms. The van der Waals surface area contributed by atoms with Crippen LogP contribution in [-0.2, 0) is 4.79 Å². The maximum Gasteiger partial charge on any atom is 0.220 e. The van der Waals surface area contributed by atoms with Crippen LogP contribution in [0.1, 0.15) is 18.1 Å². The molecule has 0 aliphatic carbocycles. The zero-order valence-corrected chi connectivity index (χ0v) is 8.00. The molecule has 1 rings (SSSR count). The Hall–Kier alpha value is -1.59. The number of hydrogen-bond acceptors (Lipinski definition) is 4. The van der Waals surface area contributed by atoms with Crippen molar-refractivity contribution >= 4 is 5.91 Å². The summed E-state index contributed by atoms with van der Waals surface area (Å²) in [5.74, 6) is -0.842. The van der Waals surface area contributed by atoms with E-state index in [4.69, 9.17) is 5.73 Å². The van der Waals surface area contributed by atoms with E-state index in [9.17, 15) is 20.1 Å². The number of aromatic hydroxyl groups is 1. The van der Waals surface area contributed by atoms with Crippen molar-refractivity contribution in [3.63, 3.8) is 0 Å². The van der Waals surface area contributed by atoms with Gasteiger partial charge in [0.15, 0.2) is 0 Å². The molecule has 5 heteroatoms. The van der Waals surface area contributed by atoms with E-state index >= 15 is 0 Å². The van der Waals surface area contributed by atoms with Gasteiger partial charge in [-0.3, -0.25) is 4.79 Å². The van der Waals surface area contributed by atoms with Crippen LogP contribution < -0.4 is 5.73 Å². The highest BCUT2D eigenvalue weighted by atomic mass is 16.3. The average molecular weight is 211 g/mol. The van der Waals surface area contributed by atoms with E-state index in [2.05, 4.69) is 0 Å². The summed E-state index contributed by atoms with van der Waals surface area (Å²) in [5, 5.41) is 28.4. The normalized spacial score (nSPS) is 14.5. The Morgan fingerprint density at radius 1 is 1.33 bits per heavy atom. The second-order valence-corrected chi connectivity index (χ2v) is 3.24. The van der Waals surface area contributed by atoms with Crippen molar-refractivity contribution in [3.05, 3.63) is 29.8 Å². The minimum Gasteiger partial charge on any atom is -0.508 e. The van der Waals surface area contributed by atoms with Crippen molar-refractivity contribution < 1.29 is 20.1 Å². The molecule has 0 aliphatic heterocycles. The number of para-hydroxylation sites is 1. The molecule has 5 N–H and O–H groups in total. The summed E-state index contributed by atoms with van der Waals surface area (Å²) in [5.41, 5.74) is 5.05. The van der Waals surface area contributed by atoms with Gasteiger partial charge >= 0.3 is 0 Å². The van der Waals surface area contributed by atoms with Crippen LogP contribution in [0.3, 0.4) is 0 Å². The zero-order valence-electron chi connectivity index (χ0n) is 8.00. The molecule has 82 valence electrons. The molecule has 2 unspecified atom stereocenters. The Morgan fingerprint density at radius 3 is 2.47 bits per heavy atom. The summed E-state index contributed by atoms with van der Waals surface area (Å²) in [4.78, 5) is 10.5. The molecule has 2 atom stereocenters. The molecular formula is C10H13NO4. The molecule has 0 aliphatic rings. The van der Waals surface area contributed by atoms with Gasteiger partial charge in [0, 0.05) is 5.56 Å². The minimum absolute atomic E-state index is 0.131. The molecule has 1 amide bonds. The molecule has 0 saturated heterocycles. The van der Waals surface area contributed by atoms with Gasteiger partial charge in [0.2, 0.25) is 5.91 Å². The topological polar surface area (TPSA) is 104 Å². The van der Waals surface area contributed by atoms with E-state index in [0.29, 0.717) is 0 Å². The van der Waals surface area contributed by atoms with E-state index in [1.165, 1.54) is 12.1 Å². The lowest BCUT2D eigenvalue weighted by Gasteiger charge is -2.17. The number of carbonyl (C=O) groups excluding carboxylic acids is 1. The lowest BCUT2D eigenvalue weighted by atomic mass is 10.0. The SMILES string of the molecule is NC(=O)CC(O)C(O)c1ccccc1O. The summed E-state index contributed by atoms with van der Waals surface area (Å²) in [6, 6.07) is 6.04. The highest BCUT2D eigenvalue weighted by molar-refractivity contribution is 5.74. The fraction of sp³-hybridized carbons (Fsp3) is 0.300. The van der Waals surface area contributed by atoms with E-state index in [-0.39, 0.29) is 17.7 Å². The van der Waals surface area contributed by atoms with E-state index in [1.807, 2.05) is 0 Å². The molecule has 0 heterocycles. The molecule has 0 radical (unpaired) electrons. The number of benzene rings is 1. The Balaban J connectivity index is 2.80. The predicted octanol–water partition coefficient (Wildman–Crippen LogP) is -0.338. The number of amides is 1. The number of hydrogen-bond donors (Lipinski definition) is 4. The molecule has 5 nitrogen and oxygen atoms in total. The number of phenolic OH excluding ortho intramolecular Hbond substituents is 1. The van der Waals surface area contributed by atoms with Crippen molar-refractivity contribution in [2.45, 2.75) is 18.6 Å². The highest BCUT2D eigenvalue weighted by Crippen LogP contribution is 2.26. The lowest BCUT2D eigenvalue weighted by Crippen LogP contribution is -2.25. The van der Waals surface area contributed by atoms with Gasteiger partial charge in [0.25, 0.3) is 0 Å². The summed E-state index contributed by atoms with van der Waals surface area (Å²) in [7, 11) is 0. The smallest absolute Gasteiger partial charge is 0.220 e. The summed E-state index contributed by atoms with van der Waals surface area (Å²) in [6.07, 6.45) is -2.98. The lowest BCUT2D eigenvalue weighted by molar-refractivity contribution is -0.121. The third-order valence-electron chi connectivity index (χ3n) is 2.03. The Labute approximate surface area is 86.8 Å². The number of carbonyl (C=O) groups is 1. The molecule has 0 spiro atoms. The maximum absolute atomic E-state index is 10.5. The van der Waals surface area contributed by atoms with E-state index in [0.717, 1.165) is 0 Å². The molecule has 1 aromatic rings. The van der Waals surface area contributed by atoms with Gasteiger partial charge in [-0.15, -0.1) is 0 Å². The fourth-order valence-corrected chi connectivity index (χ4v) is 1.26. The second-order valence-electron chi connectivity index (χ2n) is 3.24. The van der Waals surface area contributed by atoms with Crippen LogP contribution in [0.4, 0.5) is 0 Å². The van der Waals surface area contributed by atoms with Crippen molar-refractivity contribution in [1.82, 2.24) is 0 Å². The third-order valence-corrected chi connectivity index (χ3v) is 2.03. The number of rotatable bonds is 4. The molecule has 0 aromatic heterocycles.